The lowest BCUT2D eigenvalue weighted by Crippen LogP contribution is -2.46. The Kier molecular flexibility index (Phi) is 6.15. The Bertz CT molecular complexity index is 821. The lowest BCUT2D eigenvalue weighted by molar-refractivity contribution is -0.146. The van der Waals surface area contributed by atoms with Crippen LogP contribution in [0.1, 0.15) is 23.1 Å². The number of pyridine rings is 1. The minimum atomic E-state index is -0.952. The number of aliphatic hydroxyl groups excluding tert-OH is 1. The number of aryl methyl sites for hydroxylation is 3. The molecule has 0 radical (unpaired) electrons. The van der Waals surface area contributed by atoms with Crippen molar-refractivity contribution in [3.8, 4) is 0 Å². The monoisotopic (exact) mass is 360 g/mol. The van der Waals surface area contributed by atoms with E-state index in [4.69, 9.17) is 14.9 Å². The van der Waals surface area contributed by atoms with Crippen molar-refractivity contribution in [2.45, 2.75) is 33.3 Å². The van der Waals surface area contributed by atoms with Crippen LogP contribution in [0.5, 0.6) is 0 Å². The highest BCUT2D eigenvalue weighted by Crippen LogP contribution is 2.29. The SMILES string of the molecule is Cc1ccc2c(C)cc(N3CC[C@H](O)[C@@H](C(=O)O)C3)nc2c1C.O=CO. The molecule has 2 heterocycles. The van der Waals surface area contributed by atoms with Crippen molar-refractivity contribution in [1.29, 1.82) is 0 Å². The minimum absolute atomic E-state index is 0.250. The molecule has 3 N–H and O–H groups in total. The fourth-order valence-corrected chi connectivity index (χ4v) is 3.23. The summed E-state index contributed by atoms with van der Waals surface area (Å²) in [4.78, 5) is 26.4. The fraction of sp³-hybridized carbons (Fsp3) is 0.421. The van der Waals surface area contributed by atoms with Crippen molar-refractivity contribution in [3.63, 3.8) is 0 Å². The molecule has 1 aromatic heterocycles. The van der Waals surface area contributed by atoms with Gasteiger partial charge in [-0.25, -0.2) is 4.98 Å². The number of carbonyl (C=O) groups is 2. The van der Waals surface area contributed by atoms with Crippen LogP contribution in [0, 0.1) is 26.7 Å². The van der Waals surface area contributed by atoms with Gasteiger partial charge in [0.2, 0.25) is 0 Å². The first-order valence-corrected chi connectivity index (χ1v) is 8.41. The Morgan fingerprint density at radius 1 is 1.27 bits per heavy atom. The van der Waals surface area contributed by atoms with Gasteiger partial charge in [0.25, 0.3) is 6.47 Å². The summed E-state index contributed by atoms with van der Waals surface area (Å²) in [6.07, 6.45) is -0.336. The maximum atomic E-state index is 11.3. The van der Waals surface area contributed by atoms with E-state index in [2.05, 4.69) is 32.9 Å². The van der Waals surface area contributed by atoms with Crippen molar-refractivity contribution >= 4 is 29.2 Å². The summed E-state index contributed by atoms with van der Waals surface area (Å²) in [5.41, 5.74) is 4.45. The van der Waals surface area contributed by atoms with Gasteiger partial charge >= 0.3 is 5.97 Å². The highest BCUT2D eigenvalue weighted by Gasteiger charge is 2.33. The second-order valence-electron chi connectivity index (χ2n) is 6.55. The third-order valence-electron chi connectivity index (χ3n) is 4.92. The van der Waals surface area contributed by atoms with E-state index in [-0.39, 0.29) is 6.47 Å². The van der Waals surface area contributed by atoms with Gasteiger partial charge < -0.3 is 20.2 Å². The van der Waals surface area contributed by atoms with Crippen molar-refractivity contribution in [1.82, 2.24) is 4.98 Å². The van der Waals surface area contributed by atoms with E-state index in [9.17, 15) is 15.0 Å². The van der Waals surface area contributed by atoms with E-state index in [1.54, 1.807) is 0 Å². The number of carboxylic acids is 1. The van der Waals surface area contributed by atoms with Gasteiger partial charge in [0.05, 0.1) is 11.6 Å². The van der Waals surface area contributed by atoms with Gasteiger partial charge in [-0.1, -0.05) is 12.1 Å². The molecule has 140 valence electrons. The quantitative estimate of drug-likeness (QED) is 0.704. The molecule has 0 spiro atoms. The van der Waals surface area contributed by atoms with Crippen LogP contribution < -0.4 is 4.90 Å². The summed E-state index contributed by atoms with van der Waals surface area (Å²) in [5, 5.41) is 27.2. The third-order valence-corrected chi connectivity index (χ3v) is 4.92. The molecule has 0 aliphatic carbocycles. The lowest BCUT2D eigenvalue weighted by Gasteiger charge is -2.35. The van der Waals surface area contributed by atoms with E-state index in [0.717, 1.165) is 27.8 Å². The van der Waals surface area contributed by atoms with Gasteiger partial charge in [-0.2, -0.15) is 0 Å². The average Bonchev–Trinajstić information content (AvgIpc) is 2.59. The molecule has 26 heavy (non-hydrogen) atoms. The van der Waals surface area contributed by atoms with Crippen molar-refractivity contribution in [3.05, 3.63) is 34.9 Å². The average molecular weight is 360 g/mol. The van der Waals surface area contributed by atoms with Crippen molar-refractivity contribution in [2.24, 2.45) is 5.92 Å². The maximum absolute atomic E-state index is 11.3. The molecule has 3 rings (SSSR count). The van der Waals surface area contributed by atoms with Crippen LogP contribution in [0.3, 0.4) is 0 Å². The highest BCUT2D eigenvalue weighted by molar-refractivity contribution is 5.87. The molecule has 1 aromatic carbocycles. The molecule has 0 bridgehead atoms. The molecular weight excluding hydrogens is 336 g/mol. The number of aliphatic hydroxyl groups is 1. The van der Waals surface area contributed by atoms with Gasteiger partial charge in [-0.05, 0) is 49.9 Å². The third kappa shape index (κ3) is 3.94. The summed E-state index contributed by atoms with van der Waals surface area (Å²) in [6.45, 7) is 6.84. The Hall–Kier alpha value is -2.67. The second kappa shape index (κ2) is 8.14. The summed E-state index contributed by atoms with van der Waals surface area (Å²) >= 11 is 0. The predicted octanol–water partition coefficient (Wildman–Crippen LogP) is 2.13. The number of aromatic nitrogens is 1. The minimum Gasteiger partial charge on any atom is -0.483 e. The molecule has 2 aromatic rings. The number of piperidine rings is 1. The van der Waals surface area contributed by atoms with Crippen LogP contribution in [0.15, 0.2) is 18.2 Å². The number of benzene rings is 1. The van der Waals surface area contributed by atoms with Gasteiger partial charge in [0.15, 0.2) is 0 Å². The molecule has 0 amide bonds. The maximum Gasteiger partial charge on any atom is 0.310 e. The number of rotatable bonds is 2. The molecule has 0 saturated carbocycles. The first-order valence-electron chi connectivity index (χ1n) is 8.41. The second-order valence-corrected chi connectivity index (χ2v) is 6.55. The molecule has 1 aliphatic rings. The van der Waals surface area contributed by atoms with Crippen LogP contribution in [0.25, 0.3) is 10.9 Å². The van der Waals surface area contributed by atoms with Crippen LogP contribution in [-0.4, -0.2) is 51.9 Å². The summed E-state index contributed by atoms with van der Waals surface area (Å²) in [7, 11) is 0. The lowest BCUT2D eigenvalue weighted by atomic mass is 9.94. The Balaban J connectivity index is 0.000000758. The predicted molar refractivity (Wildman–Crippen MR) is 98.6 cm³/mol. The molecule has 7 heteroatoms. The number of nitrogens with zero attached hydrogens (tertiary/aromatic N) is 2. The van der Waals surface area contributed by atoms with Crippen LogP contribution in [0.4, 0.5) is 5.82 Å². The number of carboxylic acid groups (broad SMARTS) is 2. The zero-order valence-corrected chi connectivity index (χ0v) is 15.1. The Labute approximate surface area is 151 Å². The number of hydrogen-bond donors (Lipinski definition) is 3. The molecular formula is C19H24N2O5. The van der Waals surface area contributed by atoms with Crippen LogP contribution in [-0.2, 0) is 9.59 Å². The zero-order chi connectivity index (χ0) is 19.4. The normalized spacial score (nSPS) is 19.6. The first kappa shape index (κ1) is 19.7. The number of anilines is 1. The van der Waals surface area contributed by atoms with E-state index in [0.29, 0.717) is 19.5 Å². The molecule has 1 saturated heterocycles. The van der Waals surface area contributed by atoms with E-state index < -0.39 is 18.0 Å². The summed E-state index contributed by atoms with van der Waals surface area (Å²) < 4.78 is 0. The standard InChI is InChI=1S/C18H22N2O3.CH2O2/c1-10-4-5-13-11(2)8-16(19-17(13)12(10)3)20-7-6-15(21)14(9-20)18(22)23;2-1-3/h4-5,8,14-15,21H,6-7,9H2,1-3H3,(H,22,23);1H,(H,2,3)/t14-,15-;/m0./s1. The topological polar surface area (TPSA) is 111 Å². The molecule has 0 unspecified atom stereocenters. The molecule has 1 aliphatic heterocycles. The molecule has 2 atom stereocenters. The zero-order valence-electron chi connectivity index (χ0n) is 15.1. The van der Waals surface area contributed by atoms with E-state index in [1.165, 1.54) is 5.56 Å². The number of fused-ring (bicyclic) bond motifs is 1. The highest BCUT2D eigenvalue weighted by atomic mass is 16.4. The van der Waals surface area contributed by atoms with E-state index >= 15 is 0 Å². The van der Waals surface area contributed by atoms with Gasteiger partial charge in [-0.3, -0.25) is 9.59 Å². The Morgan fingerprint density at radius 3 is 2.54 bits per heavy atom. The number of aliphatic carboxylic acids is 1. The van der Waals surface area contributed by atoms with Crippen molar-refractivity contribution in [2.75, 3.05) is 18.0 Å². The summed E-state index contributed by atoms with van der Waals surface area (Å²) in [5.74, 6) is -0.922. The van der Waals surface area contributed by atoms with E-state index in [1.807, 2.05) is 11.0 Å². The van der Waals surface area contributed by atoms with Crippen LogP contribution in [0.2, 0.25) is 0 Å². The smallest absolute Gasteiger partial charge is 0.310 e. The Morgan fingerprint density at radius 2 is 1.92 bits per heavy atom. The fourth-order valence-electron chi connectivity index (χ4n) is 3.23. The number of hydrogen-bond acceptors (Lipinski definition) is 5. The van der Waals surface area contributed by atoms with Gasteiger partial charge in [0, 0.05) is 18.5 Å². The largest absolute Gasteiger partial charge is 0.483 e. The van der Waals surface area contributed by atoms with Gasteiger partial charge in [-0.15, -0.1) is 0 Å². The van der Waals surface area contributed by atoms with Gasteiger partial charge in [0.1, 0.15) is 11.7 Å². The molecule has 7 nitrogen and oxygen atoms in total. The van der Waals surface area contributed by atoms with Crippen molar-refractivity contribution < 1.29 is 24.9 Å². The summed E-state index contributed by atoms with van der Waals surface area (Å²) in [6, 6.07) is 6.20. The van der Waals surface area contributed by atoms with Crippen LogP contribution >= 0.6 is 0 Å². The first-order chi connectivity index (χ1) is 12.3. The molecule has 1 fully saturated rings.